The molecule has 0 unspecified atom stereocenters. The molecule has 7 heteroatoms. The summed E-state index contributed by atoms with van der Waals surface area (Å²) in [5.41, 5.74) is 8.82. The highest BCUT2D eigenvalue weighted by atomic mass is 16.3. The Morgan fingerprint density at radius 1 is 0.290 bits per heavy atom. The quantitative estimate of drug-likeness (QED) is 0.160. The van der Waals surface area contributed by atoms with Crippen molar-refractivity contribution < 1.29 is 8.83 Å². The van der Waals surface area contributed by atoms with E-state index < -0.39 is 0 Å². The van der Waals surface area contributed by atoms with Gasteiger partial charge in [0.05, 0.1) is 0 Å². The molecule has 4 heterocycles. The minimum Gasteiger partial charge on any atom is -0.456 e. The van der Waals surface area contributed by atoms with Crippen molar-refractivity contribution in [3.05, 3.63) is 188 Å². The summed E-state index contributed by atoms with van der Waals surface area (Å²) in [5.74, 6) is 2.30. The molecule has 0 N–H and O–H groups in total. The van der Waals surface area contributed by atoms with Crippen LogP contribution in [0.25, 0.3) is 133 Å². The number of fused-ring (bicyclic) bond motifs is 12. The number of benzene rings is 9. The molecule has 0 bridgehead atoms. The predicted molar refractivity (Wildman–Crippen MR) is 250 cm³/mol. The molecule has 288 valence electrons. The molecule has 7 nitrogen and oxygen atoms in total. The summed E-state index contributed by atoms with van der Waals surface area (Å²) in [7, 11) is 0. The Morgan fingerprint density at radius 2 is 0.806 bits per heavy atom. The molecular formula is C55H31N5O2. The summed E-state index contributed by atoms with van der Waals surface area (Å²) in [4.78, 5) is 25.9. The van der Waals surface area contributed by atoms with Gasteiger partial charge in [0.15, 0.2) is 28.9 Å². The molecule has 0 fully saturated rings. The Balaban J connectivity index is 1.02. The van der Waals surface area contributed by atoms with Gasteiger partial charge in [0.2, 0.25) is 0 Å². The molecule has 13 rings (SSSR count). The van der Waals surface area contributed by atoms with Crippen LogP contribution in [0.3, 0.4) is 0 Å². The van der Waals surface area contributed by atoms with Crippen molar-refractivity contribution in [2.24, 2.45) is 0 Å². The zero-order chi connectivity index (χ0) is 40.7. The van der Waals surface area contributed by atoms with E-state index in [1.165, 1.54) is 26.9 Å². The van der Waals surface area contributed by atoms with Gasteiger partial charge in [-0.25, -0.2) is 24.9 Å². The van der Waals surface area contributed by atoms with E-state index in [0.717, 1.165) is 77.3 Å². The van der Waals surface area contributed by atoms with Crippen LogP contribution in [0.5, 0.6) is 0 Å². The van der Waals surface area contributed by atoms with Crippen molar-refractivity contribution in [1.82, 2.24) is 24.9 Å². The van der Waals surface area contributed by atoms with Crippen LogP contribution < -0.4 is 0 Å². The molecule has 0 amide bonds. The number of nitrogens with zero attached hydrogens (tertiary/aromatic N) is 5. The predicted octanol–water partition coefficient (Wildman–Crippen LogP) is 14.3. The maximum atomic E-state index is 6.54. The van der Waals surface area contributed by atoms with Crippen LogP contribution in [0.1, 0.15) is 0 Å². The van der Waals surface area contributed by atoms with Crippen LogP contribution in [0.15, 0.2) is 197 Å². The lowest BCUT2D eigenvalue weighted by Crippen LogP contribution is -2.00. The SMILES string of the molecule is c1ccc(-c2nc(-c3ccc4c5ccccc5c5ccccc5c4c3)nc(-c3cccc4oc5ccc(-c6nc(-c7ccccc7)c7oc8ccccc8c7n6)cc5c34)n2)cc1. The largest absolute Gasteiger partial charge is 0.456 e. The Labute approximate surface area is 353 Å². The van der Waals surface area contributed by atoms with E-state index in [1.807, 2.05) is 109 Å². The van der Waals surface area contributed by atoms with Gasteiger partial charge in [-0.3, -0.25) is 0 Å². The number of para-hydroxylation sites is 1. The van der Waals surface area contributed by atoms with Crippen LogP contribution in [-0.2, 0) is 0 Å². The summed E-state index contributed by atoms with van der Waals surface area (Å²) in [5, 5.41) is 9.93. The topological polar surface area (TPSA) is 90.7 Å². The molecule has 0 aliphatic heterocycles. The van der Waals surface area contributed by atoms with E-state index >= 15 is 0 Å². The van der Waals surface area contributed by atoms with E-state index in [1.54, 1.807) is 0 Å². The average molecular weight is 794 g/mol. The van der Waals surface area contributed by atoms with Gasteiger partial charge in [0.25, 0.3) is 0 Å². The maximum absolute atomic E-state index is 6.54. The number of rotatable bonds is 5. The fraction of sp³-hybridized carbons (Fsp3) is 0. The first kappa shape index (κ1) is 34.3. The van der Waals surface area contributed by atoms with Crippen molar-refractivity contribution >= 4 is 76.3 Å². The van der Waals surface area contributed by atoms with E-state index in [4.69, 9.17) is 33.8 Å². The third-order valence-electron chi connectivity index (χ3n) is 11.9. The highest BCUT2D eigenvalue weighted by Gasteiger charge is 2.22. The third-order valence-corrected chi connectivity index (χ3v) is 11.9. The third kappa shape index (κ3) is 5.35. The standard InChI is InChI=1S/C55H31N5O2/c1-3-14-32(15-4-1)49-51-50(41-22-11-12-24-45(41)62-51)57-53(56-49)35-27-29-46-44(31-35)48-42(23-13-25-47(48)61-46)55-59-52(33-16-5-2-6-17-33)58-54(60-55)34-26-28-40-38-20-8-7-18-36(38)37-19-9-10-21-39(37)43(40)30-34/h1-31H. The molecule has 9 aromatic carbocycles. The van der Waals surface area contributed by atoms with Gasteiger partial charge in [-0.2, -0.15) is 0 Å². The molecule has 62 heavy (non-hydrogen) atoms. The Hall–Kier alpha value is -8.55. The molecule has 0 saturated carbocycles. The van der Waals surface area contributed by atoms with E-state index in [2.05, 4.69) is 78.9 Å². The van der Waals surface area contributed by atoms with Crippen LogP contribution in [0.2, 0.25) is 0 Å². The van der Waals surface area contributed by atoms with Crippen molar-refractivity contribution in [3.63, 3.8) is 0 Å². The van der Waals surface area contributed by atoms with Crippen molar-refractivity contribution in [2.45, 2.75) is 0 Å². The second-order valence-electron chi connectivity index (χ2n) is 15.6. The molecular weight excluding hydrogens is 763 g/mol. The first-order valence-electron chi connectivity index (χ1n) is 20.6. The summed E-state index contributed by atoms with van der Waals surface area (Å²) in [6.45, 7) is 0. The minimum atomic E-state index is 0.546. The number of hydrogen-bond acceptors (Lipinski definition) is 7. The number of furan rings is 2. The van der Waals surface area contributed by atoms with Gasteiger partial charge in [-0.05, 0) is 74.8 Å². The van der Waals surface area contributed by atoms with E-state index in [9.17, 15) is 0 Å². The monoisotopic (exact) mass is 793 g/mol. The van der Waals surface area contributed by atoms with Gasteiger partial charge in [-0.1, -0.05) is 146 Å². The zero-order valence-corrected chi connectivity index (χ0v) is 33.0. The highest BCUT2D eigenvalue weighted by molar-refractivity contribution is 6.25. The van der Waals surface area contributed by atoms with Gasteiger partial charge in [0.1, 0.15) is 28.0 Å². The van der Waals surface area contributed by atoms with Gasteiger partial charge >= 0.3 is 0 Å². The van der Waals surface area contributed by atoms with Crippen LogP contribution in [-0.4, -0.2) is 24.9 Å². The molecule has 0 spiro atoms. The smallest absolute Gasteiger partial charge is 0.180 e. The molecule has 0 atom stereocenters. The number of aromatic nitrogens is 5. The summed E-state index contributed by atoms with van der Waals surface area (Å²) in [6.07, 6.45) is 0. The molecule has 0 saturated heterocycles. The average Bonchev–Trinajstić information content (AvgIpc) is 3.92. The normalized spacial score (nSPS) is 11.9. The molecule has 0 aliphatic carbocycles. The van der Waals surface area contributed by atoms with E-state index in [0.29, 0.717) is 28.9 Å². The Bertz CT molecular complexity index is 3900. The molecule has 0 radical (unpaired) electrons. The van der Waals surface area contributed by atoms with Crippen LogP contribution in [0, 0.1) is 0 Å². The first-order valence-corrected chi connectivity index (χ1v) is 20.6. The lowest BCUT2D eigenvalue weighted by molar-refractivity contribution is 0.667. The van der Waals surface area contributed by atoms with Gasteiger partial charge in [0, 0.05) is 44.0 Å². The van der Waals surface area contributed by atoms with Crippen LogP contribution >= 0.6 is 0 Å². The second-order valence-corrected chi connectivity index (χ2v) is 15.6. The maximum Gasteiger partial charge on any atom is 0.180 e. The Kier molecular flexibility index (Phi) is 7.47. The molecule has 13 aromatic rings. The van der Waals surface area contributed by atoms with Crippen LogP contribution in [0.4, 0.5) is 0 Å². The lowest BCUT2D eigenvalue weighted by Gasteiger charge is -2.13. The fourth-order valence-electron chi connectivity index (χ4n) is 9.05. The summed E-state index contributed by atoms with van der Waals surface area (Å²) >= 11 is 0. The van der Waals surface area contributed by atoms with Crippen molar-refractivity contribution in [3.8, 4) is 56.8 Å². The second kappa shape index (κ2) is 13.5. The van der Waals surface area contributed by atoms with E-state index in [-0.39, 0.29) is 0 Å². The zero-order valence-electron chi connectivity index (χ0n) is 33.0. The molecule has 4 aromatic heterocycles. The first-order chi connectivity index (χ1) is 30.7. The number of hydrogen-bond donors (Lipinski definition) is 0. The van der Waals surface area contributed by atoms with Gasteiger partial charge < -0.3 is 8.83 Å². The fourth-order valence-corrected chi connectivity index (χ4v) is 9.05. The lowest BCUT2D eigenvalue weighted by atomic mass is 9.93. The van der Waals surface area contributed by atoms with Gasteiger partial charge in [-0.15, -0.1) is 0 Å². The summed E-state index contributed by atoms with van der Waals surface area (Å²) < 4.78 is 12.9. The van der Waals surface area contributed by atoms with Crippen molar-refractivity contribution in [1.29, 1.82) is 0 Å². The highest BCUT2D eigenvalue weighted by Crippen LogP contribution is 2.41. The minimum absolute atomic E-state index is 0.546. The van der Waals surface area contributed by atoms with Crippen molar-refractivity contribution in [2.75, 3.05) is 0 Å². The Morgan fingerprint density at radius 3 is 1.53 bits per heavy atom. The summed E-state index contributed by atoms with van der Waals surface area (Å²) in [6, 6.07) is 64.1. The molecule has 0 aliphatic rings.